The maximum Gasteiger partial charge on any atom is 0.263 e. The van der Waals surface area contributed by atoms with Gasteiger partial charge in [0.25, 0.3) is 5.95 Å². The van der Waals surface area contributed by atoms with Gasteiger partial charge in [-0.2, -0.15) is 10.2 Å². The fourth-order valence-electron chi connectivity index (χ4n) is 2.34. The van der Waals surface area contributed by atoms with Crippen LogP contribution >= 0.6 is 0 Å². The molecule has 1 aromatic heterocycles. The predicted molar refractivity (Wildman–Crippen MR) is 103 cm³/mol. The molecule has 2 aromatic carbocycles. The van der Waals surface area contributed by atoms with E-state index in [4.69, 9.17) is 14.2 Å². The summed E-state index contributed by atoms with van der Waals surface area (Å²) in [5.41, 5.74) is 5.13. The van der Waals surface area contributed by atoms with E-state index >= 15 is 0 Å². The summed E-state index contributed by atoms with van der Waals surface area (Å²) >= 11 is 0. The van der Waals surface area contributed by atoms with Crippen LogP contribution < -0.4 is 19.6 Å². The van der Waals surface area contributed by atoms with Gasteiger partial charge in [0, 0.05) is 17.2 Å². The molecule has 0 saturated carbocycles. The number of ether oxygens (including phenoxy) is 3. The lowest BCUT2D eigenvalue weighted by molar-refractivity contribution is 0.394. The van der Waals surface area contributed by atoms with Gasteiger partial charge in [-0.1, -0.05) is 0 Å². The molecule has 0 saturated heterocycles. The fraction of sp³-hybridized carbons (Fsp3) is 0.158. The number of anilines is 1. The van der Waals surface area contributed by atoms with Gasteiger partial charge in [0.05, 0.1) is 39.4 Å². The lowest BCUT2D eigenvalue weighted by Crippen LogP contribution is -2.00. The minimum atomic E-state index is 0.284. The van der Waals surface area contributed by atoms with E-state index in [-0.39, 0.29) is 5.95 Å². The molecule has 0 aliphatic carbocycles. The van der Waals surface area contributed by atoms with Crippen LogP contribution in [0.4, 0.5) is 5.95 Å². The van der Waals surface area contributed by atoms with Gasteiger partial charge in [-0.15, -0.1) is 5.10 Å². The zero-order valence-electron chi connectivity index (χ0n) is 15.2. The summed E-state index contributed by atoms with van der Waals surface area (Å²) in [4.78, 5) is 4.41. The third-order valence-corrected chi connectivity index (χ3v) is 3.75. The molecule has 3 aromatic rings. The van der Waals surface area contributed by atoms with Crippen molar-refractivity contribution in [3.05, 3.63) is 54.2 Å². The number of nitrogens with zero attached hydrogens (tertiary/aromatic N) is 4. The monoisotopic (exact) mass is 365 g/mol. The van der Waals surface area contributed by atoms with Crippen LogP contribution in [0.1, 0.15) is 5.56 Å². The highest BCUT2D eigenvalue weighted by Gasteiger charge is 2.05. The van der Waals surface area contributed by atoms with E-state index in [0.29, 0.717) is 17.2 Å². The van der Waals surface area contributed by atoms with E-state index in [0.717, 1.165) is 16.9 Å². The van der Waals surface area contributed by atoms with Gasteiger partial charge in [-0.25, -0.2) is 10.4 Å². The molecular formula is C19H19N5O3. The van der Waals surface area contributed by atoms with E-state index in [1.165, 1.54) is 0 Å². The molecule has 8 nitrogen and oxygen atoms in total. The molecule has 0 aliphatic heterocycles. The smallest absolute Gasteiger partial charge is 0.263 e. The van der Waals surface area contributed by atoms with Crippen molar-refractivity contribution in [3.8, 4) is 28.5 Å². The summed E-state index contributed by atoms with van der Waals surface area (Å²) < 4.78 is 15.7. The number of hydrazone groups is 1. The third-order valence-electron chi connectivity index (χ3n) is 3.75. The molecule has 0 amide bonds. The molecule has 0 aliphatic rings. The third kappa shape index (κ3) is 4.49. The quantitative estimate of drug-likeness (QED) is 0.508. The maximum atomic E-state index is 5.33. The van der Waals surface area contributed by atoms with Crippen LogP contribution in [0.5, 0.6) is 17.2 Å². The van der Waals surface area contributed by atoms with Crippen molar-refractivity contribution < 1.29 is 14.2 Å². The Kier molecular flexibility index (Phi) is 5.78. The average molecular weight is 365 g/mol. The van der Waals surface area contributed by atoms with E-state index in [1.54, 1.807) is 39.8 Å². The lowest BCUT2D eigenvalue weighted by Gasteiger charge is -2.07. The summed E-state index contributed by atoms with van der Waals surface area (Å²) in [5, 5.41) is 12.1. The van der Waals surface area contributed by atoms with Crippen molar-refractivity contribution in [1.29, 1.82) is 0 Å². The number of rotatable bonds is 7. The van der Waals surface area contributed by atoms with Crippen molar-refractivity contribution in [2.75, 3.05) is 26.8 Å². The first-order valence-electron chi connectivity index (χ1n) is 8.08. The van der Waals surface area contributed by atoms with E-state index in [2.05, 4.69) is 25.7 Å². The second kappa shape index (κ2) is 8.61. The van der Waals surface area contributed by atoms with Gasteiger partial charge >= 0.3 is 0 Å². The number of hydrogen-bond acceptors (Lipinski definition) is 8. The van der Waals surface area contributed by atoms with Crippen LogP contribution in [0.2, 0.25) is 0 Å². The first-order valence-corrected chi connectivity index (χ1v) is 8.08. The Morgan fingerprint density at radius 3 is 2.37 bits per heavy atom. The van der Waals surface area contributed by atoms with Crippen LogP contribution in [-0.4, -0.2) is 42.7 Å². The Bertz CT molecular complexity index is 929. The fourth-order valence-corrected chi connectivity index (χ4v) is 2.34. The van der Waals surface area contributed by atoms with Crippen LogP contribution in [0.25, 0.3) is 11.3 Å². The first-order chi connectivity index (χ1) is 13.2. The Morgan fingerprint density at radius 1 is 0.926 bits per heavy atom. The summed E-state index contributed by atoms with van der Waals surface area (Å²) in [6.07, 6.45) is 3.20. The van der Waals surface area contributed by atoms with Gasteiger partial charge in [0.2, 0.25) is 0 Å². The minimum Gasteiger partial charge on any atom is -0.497 e. The number of aromatic nitrogens is 3. The summed E-state index contributed by atoms with van der Waals surface area (Å²) in [6.45, 7) is 0. The van der Waals surface area contributed by atoms with E-state index < -0.39 is 0 Å². The SMILES string of the molecule is COc1ccc(-c2cnnc(N/N=C\c3ccc(OC)cc3OC)n2)cc1. The van der Waals surface area contributed by atoms with Crippen molar-refractivity contribution in [3.63, 3.8) is 0 Å². The molecule has 3 rings (SSSR count). The van der Waals surface area contributed by atoms with Gasteiger partial charge in [-0.05, 0) is 36.4 Å². The van der Waals surface area contributed by atoms with Crippen molar-refractivity contribution in [1.82, 2.24) is 15.2 Å². The molecule has 8 heteroatoms. The van der Waals surface area contributed by atoms with Crippen LogP contribution in [-0.2, 0) is 0 Å². The highest BCUT2D eigenvalue weighted by atomic mass is 16.5. The van der Waals surface area contributed by atoms with Gasteiger partial charge in [0.1, 0.15) is 17.2 Å². The number of nitrogens with one attached hydrogen (secondary N) is 1. The number of methoxy groups -OCH3 is 3. The standard InChI is InChI=1S/C19H19N5O3/c1-25-15-7-4-13(5-8-15)17-12-21-24-19(22-17)23-20-11-14-6-9-16(26-2)10-18(14)27-3/h4-12H,1-3H3,(H,22,23,24)/b20-11-. The lowest BCUT2D eigenvalue weighted by atomic mass is 10.1. The molecule has 1 N–H and O–H groups in total. The number of hydrogen-bond donors (Lipinski definition) is 1. The van der Waals surface area contributed by atoms with Crippen LogP contribution in [0.3, 0.4) is 0 Å². The molecule has 1 heterocycles. The van der Waals surface area contributed by atoms with Crippen molar-refractivity contribution >= 4 is 12.2 Å². The molecule has 138 valence electrons. The summed E-state index contributed by atoms with van der Waals surface area (Å²) in [7, 11) is 4.81. The van der Waals surface area contributed by atoms with Crippen LogP contribution in [0.15, 0.2) is 53.8 Å². The molecule has 0 atom stereocenters. The zero-order chi connectivity index (χ0) is 19.1. The summed E-state index contributed by atoms with van der Waals surface area (Å²) in [5.74, 6) is 2.41. The Balaban J connectivity index is 1.74. The van der Waals surface area contributed by atoms with Gasteiger partial charge in [-0.3, -0.25) is 0 Å². The molecular weight excluding hydrogens is 346 g/mol. The second-order valence-electron chi connectivity index (χ2n) is 5.37. The normalized spacial score (nSPS) is 10.6. The average Bonchev–Trinajstić information content (AvgIpc) is 2.74. The molecule has 0 unspecified atom stereocenters. The topological polar surface area (TPSA) is 90.8 Å². The maximum absolute atomic E-state index is 5.33. The molecule has 0 bridgehead atoms. The predicted octanol–water partition coefficient (Wildman–Crippen LogP) is 3.01. The zero-order valence-corrected chi connectivity index (χ0v) is 15.2. The van der Waals surface area contributed by atoms with Gasteiger partial charge in [0.15, 0.2) is 0 Å². The van der Waals surface area contributed by atoms with Crippen LogP contribution in [0, 0.1) is 0 Å². The largest absolute Gasteiger partial charge is 0.497 e. The molecule has 0 fully saturated rings. The van der Waals surface area contributed by atoms with E-state index in [1.807, 2.05) is 36.4 Å². The Morgan fingerprint density at radius 2 is 1.67 bits per heavy atom. The highest BCUT2D eigenvalue weighted by Crippen LogP contribution is 2.23. The number of benzene rings is 2. The van der Waals surface area contributed by atoms with Crippen molar-refractivity contribution in [2.24, 2.45) is 5.10 Å². The van der Waals surface area contributed by atoms with E-state index in [9.17, 15) is 0 Å². The molecule has 0 spiro atoms. The first kappa shape index (κ1) is 18.1. The minimum absolute atomic E-state index is 0.284. The molecule has 27 heavy (non-hydrogen) atoms. The Labute approximate surface area is 156 Å². The highest BCUT2D eigenvalue weighted by molar-refractivity contribution is 5.84. The second-order valence-corrected chi connectivity index (χ2v) is 5.37. The van der Waals surface area contributed by atoms with Crippen molar-refractivity contribution in [2.45, 2.75) is 0 Å². The Hall–Kier alpha value is -3.68. The van der Waals surface area contributed by atoms with Gasteiger partial charge < -0.3 is 14.2 Å². The summed E-state index contributed by atoms with van der Waals surface area (Å²) in [6, 6.07) is 13.0. The molecule has 0 radical (unpaired) electrons.